The fraction of sp³-hybridized carbons (Fsp3) is 0.455. The van der Waals surface area contributed by atoms with Gasteiger partial charge in [-0.1, -0.05) is 37.3 Å². The summed E-state index contributed by atoms with van der Waals surface area (Å²) in [6.07, 6.45) is 13.7. The lowest BCUT2D eigenvalue weighted by molar-refractivity contribution is 0.696. The van der Waals surface area contributed by atoms with Gasteiger partial charge in [0.05, 0.1) is 0 Å². The highest BCUT2D eigenvalue weighted by Crippen LogP contribution is 2.03. The van der Waals surface area contributed by atoms with Crippen LogP contribution in [0.1, 0.15) is 32.1 Å². The van der Waals surface area contributed by atoms with Gasteiger partial charge in [0.25, 0.3) is 0 Å². The maximum Gasteiger partial charge on any atom is -0.0348 e. The Labute approximate surface area is 70.3 Å². The molecule has 0 fully saturated rings. The molecule has 0 atom stereocenters. The van der Waals surface area contributed by atoms with Gasteiger partial charge in [-0.05, 0) is 25.7 Å². The molecule has 0 unspecified atom stereocenters. The Hall–Kier alpha value is -0.780. The van der Waals surface area contributed by atoms with E-state index >= 15 is 0 Å². The predicted molar refractivity (Wildman–Crippen MR) is 51.3 cm³/mol. The molecule has 0 amide bonds. The van der Waals surface area contributed by atoms with Crippen LogP contribution in [0.5, 0.6) is 0 Å². The quantitative estimate of drug-likeness (QED) is 0.294. The van der Waals surface area contributed by atoms with E-state index in [1.54, 1.807) is 6.08 Å². The summed E-state index contributed by atoms with van der Waals surface area (Å²) < 4.78 is 0. The van der Waals surface area contributed by atoms with Gasteiger partial charge >= 0.3 is 0 Å². The first-order valence-electron chi connectivity index (χ1n) is 4.22. The lowest BCUT2D eigenvalue weighted by Gasteiger charge is -1.93. The molecular formula is C11H17. The van der Waals surface area contributed by atoms with Gasteiger partial charge in [-0.15, -0.1) is 6.58 Å². The minimum Gasteiger partial charge on any atom is -0.103 e. The van der Waals surface area contributed by atoms with Crippen molar-refractivity contribution in [2.24, 2.45) is 0 Å². The van der Waals surface area contributed by atoms with Crippen molar-refractivity contribution in [3.63, 3.8) is 0 Å². The molecule has 0 saturated carbocycles. The topological polar surface area (TPSA) is 0 Å². The molecule has 0 aromatic heterocycles. The van der Waals surface area contributed by atoms with Crippen LogP contribution in [-0.4, -0.2) is 0 Å². The van der Waals surface area contributed by atoms with Crippen LogP contribution >= 0.6 is 0 Å². The van der Waals surface area contributed by atoms with Crippen molar-refractivity contribution in [2.75, 3.05) is 0 Å². The van der Waals surface area contributed by atoms with Crippen LogP contribution in [0.3, 0.4) is 0 Å². The van der Waals surface area contributed by atoms with Crippen LogP contribution in [0.4, 0.5) is 0 Å². The molecule has 0 rings (SSSR count). The van der Waals surface area contributed by atoms with Gasteiger partial charge < -0.3 is 0 Å². The fourth-order valence-corrected chi connectivity index (χ4v) is 0.902. The first-order chi connectivity index (χ1) is 5.41. The van der Waals surface area contributed by atoms with Gasteiger partial charge in [0.2, 0.25) is 0 Å². The third-order valence-electron chi connectivity index (χ3n) is 1.53. The standard InChI is InChI=1S/C11H17/c1-3-5-7-9-11-10-8-6-4-2/h1,3-5,7H,2,6,8-11H2. The molecule has 11 heavy (non-hydrogen) atoms. The monoisotopic (exact) mass is 149 g/mol. The Kier molecular flexibility index (Phi) is 8.57. The SMILES string of the molecule is [CH]=CC=CCCCCCC=C. The summed E-state index contributed by atoms with van der Waals surface area (Å²) in [4.78, 5) is 0. The summed E-state index contributed by atoms with van der Waals surface area (Å²) >= 11 is 0. The predicted octanol–water partition coefficient (Wildman–Crippen LogP) is 3.67. The Morgan fingerprint density at radius 2 is 1.82 bits per heavy atom. The molecule has 0 nitrogen and oxygen atoms in total. The maximum absolute atomic E-state index is 5.17. The number of hydrogen-bond donors (Lipinski definition) is 0. The Morgan fingerprint density at radius 3 is 2.45 bits per heavy atom. The second-order valence-corrected chi connectivity index (χ2v) is 2.55. The average molecular weight is 149 g/mol. The van der Waals surface area contributed by atoms with E-state index < -0.39 is 0 Å². The van der Waals surface area contributed by atoms with E-state index in [1.165, 1.54) is 19.3 Å². The third-order valence-corrected chi connectivity index (χ3v) is 1.53. The molecule has 0 bridgehead atoms. The van der Waals surface area contributed by atoms with E-state index in [1.807, 2.05) is 12.2 Å². The molecule has 61 valence electrons. The van der Waals surface area contributed by atoms with Crippen LogP contribution in [0, 0.1) is 6.58 Å². The average Bonchev–Trinajstić information content (AvgIpc) is 2.03. The molecule has 0 aliphatic heterocycles. The molecule has 0 heterocycles. The number of rotatable bonds is 7. The Bertz CT molecular complexity index is 120. The van der Waals surface area contributed by atoms with Gasteiger partial charge in [0.15, 0.2) is 0 Å². The highest BCUT2D eigenvalue weighted by Gasteiger charge is 1.83. The molecule has 0 aromatic carbocycles. The second-order valence-electron chi connectivity index (χ2n) is 2.55. The summed E-state index contributed by atoms with van der Waals surface area (Å²) in [5.74, 6) is 0. The first kappa shape index (κ1) is 10.2. The van der Waals surface area contributed by atoms with Crippen molar-refractivity contribution >= 4 is 0 Å². The Balaban J connectivity index is 2.95. The van der Waals surface area contributed by atoms with E-state index in [0.29, 0.717) is 0 Å². The largest absolute Gasteiger partial charge is 0.103 e. The third kappa shape index (κ3) is 9.22. The van der Waals surface area contributed by atoms with Crippen LogP contribution in [-0.2, 0) is 0 Å². The summed E-state index contributed by atoms with van der Waals surface area (Å²) in [5.41, 5.74) is 0. The smallest absolute Gasteiger partial charge is 0.0348 e. The van der Waals surface area contributed by atoms with Crippen molar-refractivity contribution in [1.29, 1.82) is 0 Å². The van der Waals surface area contributed by atoms with Crippen molar-refractivity contribution in [3.8, 4) is 0 Å². The van der Waals surface area contributed by atoms with E-state index in [0.717, 1.165) is 12.8 Å². The van der Waals surface area contributed by atoms with Gasteiger partial charge in [-0.2, -0.15) is 0 Å². The van der Waals surface area contributed by atoms with E-state index in [9.17, 15) is 0 Å². The lowest BCUT2D eigenvalue weighted by atomic mass is 10.1. The highest BCUT2D eigenvalue weighted by molar-refractivity contribution is 4.95. The van der Waals surface area contributed by atoms with Crippen molar-refractivity contribution in [3.05, 3.63) is 37.5 Å². The number of hydrogen-bond acceptors (Lipinski definition) is 0. The van der Waals surface area contributed by atoms with Crippen molar-refractivity contribution in [1.82, 2.24) is 0 Å². The molecule has 0 N–H and O–H groups in total. The van der Waals surface area contributed by atoms with Crippen LogP contribution in [0.2, 0.25) is 0 Å². The summed E-state index contributed by atoms with van der Waals surface area (Å²) in [7, 11) is 0. The van der Waals surface area contributed by atoms with Crippen LogP contribution in [0.25, 0.3) is 0 Å². The van der Waals surface area contributed by atoms with E-state index in [2.05, 4.69) is 12.7 Å². The van der Waals surface area contributed by atoms with Crippen LogP contribution < -0.4 is 0 Å². The second kappa shape index (κ2) is 9.22. The van der Waals surface area contributed by atoms with Gasteiger partial charge in [0, 0.05) is 0 Å². The molecular weight excluding hydrogens is 132 g/mol. The summed E-state index contributed by atoms with van der Waals surface area (Å²) in [5, 5.41) is 0. The first-order valence-corrected chi connectivity index (χ1v) is 4.22. The highest BCUT2D eigenvalue weighted by atomic mass is 13.9. The zero-order valence-electron chi connectivity index (χ0n) is 7.13. The van der Waals surface area contributed by atoms with E-state index in [-0.39, 0.29) is 0 Å². The van der Waals surface area contributed by atoms with Gasteiger partial charge in [-0.3, -0.25) is 0 Å². The zero-order valence-corrected chi connectivity index (χ0v) is 7.13. The molecule has 0 aliphatic rings. The summed E-state index contributed by atoms with van der Waals surface area (Å²) in [6.45, 7) is 8.84. The van der Waals surface area contributed by atoms with Gasteiger partial charge in [0.1, 0.15) is 0 Å². The van der Waals surface area contributed by atoms with Crippen molar-refractivity contribution < 1.29 is 0 Å². The molecule has 1 radical (unpaired) electrons. The minimum atomic E-state index is 1.14. The number of allylic oxidation sites excluding steroid dienone is 4. The molecule has 0 aliphatic carbocycles. The maximum atomic E-state index is 5.17. The molecule has 0 saturated heterocycles. The normalized spacial score (nSPS) is 10.2. The fourth-order valence-electron chi connectivity index (χ4n) is 0.902. The molecule has 0 heteroatoms. The number of unbranched alkanes of at least 4 members (excludes halogenated alkanes) is 4. The van der Waals surface area contributed by atoms with E-state index in [4.69, 9.17) is 6.58 Å². The lowest BCUT2D eigenvalue weighted by Crippen LogP contribution is -1.73. The zero-order chi connectivity index (χ0) is 8.36. The summed E-state index contributed by atoms with van der Waals surface area (Å²) in [6, 6.07) is 0. The van der Waals surface area contributed by atoms with Crippen LogP contribution in [0.15, 0.2) is 30.9 Å². The molecule has 0 spiro atoms. The minimum absolute atomic E-state index is 1.14. The molecule has 0 aromatic rings. The Morgan fingerprint density at radius 1 is 1.09 bits per heavy atom. The van der Waals surface area contributed by atoms with Crippen molar-refractivity contribution in [2.45, 2.75) is 32.1 Å². The van der Waals surface area contributed by atoms with Gasteiger partial charge in [-0.25, -0.2) is 0 Å².